The van der Waals surface area contributed by atoms with Crippen molar-refractivity contribution >= 4 is 6.01 Å². The summed E-state index contributed by atoms with van der Waals surface area (Å²) in [4.78, 5) is 4.36. The van der Waals surface area contributed by atoms with Crippen LogP contribution in [0.2, 0.25) is 0 Å². The molecule has 6 heteroatoms. The van der Waals surface area contributed by atoms with Crippen LogP contribution in [-0.4, -0.2) is 24.4 Å². The molecule has 0 aliphatic heterocycles. The number of anilines is 1. The molecule has 0 unspecified atom stereocenters. The molecule has 0 atom stereocenters. The number of hydrogen-bond acceptors (Lipinski definition) is 6. The van der Waals surface area contributed by atoms with Gasteiger partial charge in [0.2, 0.25) is 5.82 Å². The summed E-state index contributed by atoms with van der Waals surface area (Å²) < 4.78 is 15.8. The molecule has 0 fully saturated rings. The van der Waals surface area contributed by atoms with E-state index in [1.807, 2.05) is 49.4 Å². The molecule has 0 aliphatic carbocycles. The molecule has 24 heavy (non-hydrogen) atoms. The summed E-state index contributed by atoms with van der Waals surface area (Å²) in [6.07, 6.45) is 0. The number of benzene rings is 2. The molecule has 1 aromatic heterocycles. The molecular weight excluding hydrogens is 306 g/mol. The number of hydrogen-bond donors (Lipinski definition) is 1. The van der Waals surface area contributed by atoms with Gasteiger partial charge in [0.25, 0.3) is 0 Å². The third kappa shape index (κ3) is 3.48. The van der Waals surface area contributed by atoms with E-state index in [-0.39, 0.29) is 0 Å². The van der Waals surface area contributed by atoms with Gasteiger partial charge < -0.3 is 19.3 Å². The summed E-state index contributed by atoms with van der Waals surface area (Å²) in [5.74, 6) is 1.94. The van der Waals surface area contributed by atoms with E-state index in [9.17, 15) is 0 Å². The van der Waals surface area contributed by atoms with E-state index in [2.05, 4.69) is 15.5 Å². The van der Waals surface area contributed by atoms with E-state index in [4.69, 9.17) is 14.0 Å². The van der Waals surface area contributed by atoms with Gasteiger partial charge in [-0.25, -0.2) is 0 Å². The minimum Gasteiger partial charge on any atom is -0.493 e. The number of aryl methyl sites for hydroxylation is 1. The Labute approximate surface area is 140 Å². The van der Waals surface area contributed by atoms with E-state index in [0.29, 0.717) is 29.9 Å². The fraction of sp³-hybridized carbons (Fsp3) is 0.222. The zero-order valence-electron chi connectivity index (χ0n) is 13.9. The lowest BCUT2D eigenvalue weighted by Crippen LogP contribution is -2.00. The van der Waals surface area contributed by atoms with Crippen molar-refractivity contribution in [1.29, 1.82) is 0 Å². The Morgan fingerprint density at radius 1 is 1.00 bits per heavy atom. The van der Waals surface area contributed by atoms with Crippen LogP contribution in [0.1, 0.15) is 11.1 Å². The van der Waals surface area contributed by atoms with E-state index in [0.717, 1.165) is 11.1 Å². The molecule has 2 aromatic carbocycles. The third-order valence-electron chi connectivity index (χ3n) is 3.63. The van der Waals surface area contributed by atoms with Crippen molar-refractivity contribution in [2.24, 2.45) is 0 Å². The first-order valence-corrected chi connectivity index (χ1v) is 7.55. The van der Waals surface area contributed by atoms with Crippen LogP contribution < -0.4 is 14.8 Å². The Balaban J connectivity index is 1.68. The normalized spacial score (nSPS) is 10.5. The Morgan fingerprint density at radius 3 is 2.46 bits per heavy atom. The lowest BCUT2D eigenvalue weighted by Gasteiger charge is -2.09. The molecule has 0 aliphatic rings. The number of ether oxygens (including phenoxy) is 2. The first kappa shape index (κ1) is 15.9. The molecule has 1 N–H and O–H groups in total. The molecule has 0 spiro atoms. The monoisotopic (exact) mass is 325 g/mol. The van der Waals surface area contributed by atoms with E-state index < -0.39 is 0 Å². The predicted molar refractivity (Wildman–Crippen MR) is 91.3 cm³/mol. The Hall–Kier alpha value is -3.02. The maximum atomic E-state index is 5.30. The first-order valence-electron chi connectivity index (χ1n) is 7.55. The van der Waals surface area contributed by atoms with Gasteiger partial charge in [0.1, 0.15) is 0 Å². The highest BCUT2D eigenvalue weighted by molar-refractivity contribution is 5.55. The maximum absolute atomic E-state index is 5.30. The van der Waals surface area contributed by atoms with Crippen LogP contribution in [0.25, 0.3) is 11.4 Å². The molecule has 0 saturated carbocycles. The van der Waals surface area contributed by atoms with Gasteiger partial charge in [-0.1, -0.05) is 41.1 Å². The number of nitrogens with zero attached hydrogens (tertiary/aromatic N) is 2. The summed E-state index contributed by atoms with van der Waals surface area (Å²) in [5, 5.41) is 7.11. The average Bonchev–Trinajstić information content (AvgIpc) is 3.09. The highest BCUT2D eigenvalue weighted by atomic mass is 16.5. The number of nitrogens with one attached hydrogen (secondary N) is 1. The Bertz CT molecular complexity index is 813. The lowest BCUT2D eigenvalue weighted by molar-refractivity contribution is 0.354. The summed E-state index contributed by atoms with van der Waals surface area (Å²) in [6.45, 7) is 2.58. The fourth-order valence-electron chi connectivity index (χ4n) is 2.28. The van der Waals surface area contributed by atoms with Crippen molar-refractivity contribution in [3.8, 4) is 22.9 Å². The Kier molecular flexibility index (Phi) is 4.65. The second-order valence-corrected chi connectivity index (χ2v) is 5.33. The van der Waals surface area contributed by atoms with Crippen LogP contribution in [0.5, 0.6) is 11.5 Å². The molecule has 0 saturated heterocycles. The zero-order valence-corrected chi connectivity index (χ0v) is 13.9. The van der Waals surface area contributed by atoms with Crippen LogP contribution in [0.15, 0.2) is 47.0 Å². The second kappa shape index (κ2) is 7.04. The molecule has 0 amide bonds. The van der Waals surface area contributed by atoms with E-state index in [1.165, 1.54) is 5.56 Å². The number of methoxy groups -OCH3 is 2. The minimum absolute atomic E-state index is 0.375. The van der Waals surface area contributed by atoms with Gasteiger partial charge in [-0.2, -0.15) is 4.98 Å². The van der Waals surface area contributed by atoms with E-state index >= 15 is 0 Å². The number of aromatic nitrogens is 2. The summed E-state index contributed by atoms with van der Waals surface area (Å²) in [5.41, 5.74) is 3.13. The molecule has 0 bridgehead atoms. The van der Waals surface area contributed by atoms with Crippen molar-refractivity contribution in [3.63, 3.8) is 0 Å². The highest BCUT2D eigenvalue weighted by Gasteiger charge is 2.09. The standard InChI is InChI=1S/C18H19N3O3/c1-12-4-7-14(8-5-12)17-20-18(24-21-17)19-11-13-6-9-15(22-2)16(10-13)23-3/h4-10H,11H2,1-3H3,(H,19,20,21). The van der Waals surface area contributed by atoms with Gasteiger partial charge in [-0.3, -0.25) is 0 Å². The van der Waals surface area contributed by atoms with Crippen LogP contribution in [0, 0.1) is 6.92 Å². The molecule has 3 rings (SSSR count). The molecule has 6 nitrogen and oxygen atoms in total. The van der Waals surface area contributed by atoms with Crippen molar-refractivity contribution in [3.05, 3.63) is 53.6 Å². The van der Waals surface area contributed by atoms with Gasteiger partial charge in [-0.15, -0.1) is 0 Å². The van der Waals surface area contributed by atoms with Crippen LogP contribution in [-0.2, 0) is 6.54 Å². The molecule has 124 valence electrons. The summed E-state index contributed by atoms with van der Waals surface area (Å²) >= 11 is 0. The SMILES string of the molecule is COc1ccc(CNc2nc(-c3ccc(C)cc3)no2)cc1OC. The van der Waals surface area contributed by atoms with Crippen molar-refractivity contribution in [2.45, 2.75) is 13.5 Å². The van der Waals surface area contributed by atoms with Gasteiger partial charge >= 0.3 is 6.01 Å². The second-order valence-electron chi connectivity index (χ2n) is 5.33. The average molecular weight is 325 g/mol. The molecule has 0 radical (unpaired) electrons. The smallest absolute Gasteiger partial charge is 0.322 e. The first-order chi connectivity index (χ1) is 11.7. The van der Waals surface area contributed by atoms with Gasteiger partial charge in [0.15, 0.2) is 11.5 Å². The van der Waals surface area contributed by atoms with Crippen molar-refractivity contribution in [2.75, 3.05) is 19.5 Å². The maximum Gasteiger partial charge on any atom is 0.322 e. The van der Waals surface area contributed by atoms with Gasteiger partial charge in [-0.05, 0) is 24.6 Å². The Morgan fingerprint density at radius 2 is 1.75 bits per heavy atom. The lowest BCUT2D eigenvalue weighted by atomic mass is 10.1. The summed E-state index contributed by atoms with van der Waals surface area (Å²) in [7, 11) is 3.22. The third-order valence-corrected chi connectivity index (χ3v) is 3.63. The summed E-state index contributed by atoms with van der Waals surface area (Å²) in [6, 6.07) is 14.1. The van der Waals surface area contributed by atoms with Gasteiger partial charge in [0.05, 0.1) is 14.2 Å². The predicted octanol–water partition coefficient (Wildman–Crippen LogP) is 3.67. The number of rotatable bonds is 6. The van der Waals surface area contributed by atoms with E-state index in [1.54, 1.807) is 14.2 Å². The van der Waals surface area contributed by atoms with Crippen LogP contribution in [0.4, 0.5) is 6.01 Å². The topological polar surface area (TPSA) is 69.4 Å². The van der Waals surface area contributed by atoms with Crippen LogP contribution >= 0.6 is 0 Å². The van der Waals surface area contributed by atoms with Crippen LogP contribution in [0.3, 0.4) is 0 Å². The van der Waals surface area contributed by atoms with Gasteiger partial charge in [0, 0.05) is 12.1 Å². The zero-order chi connectivity index (χ0) is 16.9. The quantitative estimate of drug-likeness (QED) is 0.745. The molecule has 3 aromatic rings. The largest absolute Gasteiger partial charge is 0.493 e. The minimum atomic E-state index is 0.375. The molecule has 1 heterocycles. The molecular formula is C18H19N3O3. The van der Waals surface area contributed by atoms with Crippen molar-refractivity contribution in [1.82, 2.24) is 10.1 Å². The van der Waals surface area contributed by atoms with Crippen molar-refractivity contribution < 1.29 is 14.0 Å². The fourth-order valence-corrected chi connectivity index (χ4v) is 2.28. The highest BCUT2D eigenvalue weighted by Crippen LogP contribution is 2.28.